The third-order valence-corrected chi connectivity index (χ3v) is 3.89. The molecule has 2 aromatic rings. The summed E-state index contributed by atoms with van der Waals surface area (Å²) in [5.74, 6) is 1.47. The summed E-state index contributed by atoms with van der Waals surface area (Å²) < 4.78 is 13.1. The molecule has 6 heteroatoms. The summed E-state index contributed by atoms with van der Waals surface area (Å²) in [5.41, 5.74) is 2.04. The second kappa shape index (κ2) is 7.80. The molecule has 120 valence electrons. The first kappa shape index (κ1) is 17.1. The van der Waals surface area contributed by atoms with Crippen LogP contribution in [-0.4, -0.2) is 31.1 Å². The number of aromatic nitrogens is 1. The highest BCUT2D eigenvalue weighted by Crippen LogP contribution is 2.27. The Morgan fingerprint density at radius 2 is 2.18 bits per heavy atom. The van der Waals surface area contributed by atoms with Crippen molar-refractivity contribution < 1.29 is 4.39 Å². The molecule has 0 spiro atoms. The van der Waals surface area contributed by atoms with Crippen LogP contribution in [0.2, 0.25) is 0 Å². The third-order valence-electron chi connectivity index (χ3n) is 3.89. The molecule has 0 bridgehead atoms. The van der Waals surface area contributed by atoms with Crippen LogP contribution in [0.5, 0.6) is 0 Å². The zero-order chi connectivity index (χ0) is 14.7. The fourth-order valence-electron chi connectivity index (χ4n) is 2.46. The number of hydrogen-bond acceptors (Lipinski definition) is 1. The van der Waals surface area contributed by atoms with Gasteiger partial charge in [0.1, 0.15) is 5.82 Å². The summed E-state index contributed by atoms with van der Waals surface area (Å²) in [6, 6.07) is 4.86. The fourth-order valence-corrected chi connectivity index (χ4v) is 2.46. The largest absolute Gasteiger partial charge is 0.361 e. The van der Waals surface area contributed by atoms with Crippen LogP contribution in [0.15, 0.2) is 29.4 Å². The van der Waals surface area contributed by atoms with Crippen molar-refractivity contribution in [1.29, 1.82) is 0 Å². The van der Waals surface area contributed by atoms with Crippen LogP contribution in [0.1, 0.15) is 18.4 Å². The second-order valence-corrected chi connectivity index (χ2v) is 5.58. The third kappa shape index (κ3) is 4.34. The van der Waals surface area contributed by atoms with E-state index in [-0.39, 0.29) is 29.8 Å². The summed E-state index contributed by atoms with van der Waals surface area (Å²) in [6.45, 7) is 1.81. The van der Waals surface area contributed by atoms with E-state index in [1.165, 1.54) is 30.5 Å². The highest BCUT2D eigenvalue weighted by molar-refractivity contribution is 14.0. The summed E-state index contributed by atoms with van der Waals surface area (Å²) in [7, 11) is 1.79. The minimum absolute atomic E-state index is 0. The average Bonchev–Trinajstić information content (AvgIpc) is 3.23. The molecule has 1 aromatic heterocycles. The Morgan fingerprint density at radius 1 is 1.36 bits per heavy atom. The van der Waals surface area contributed by atoms with E-state index >= 15 is 0 Å². The molecule has 0 unspecified atom stereocenters. The van der Waals surface area contributed by atoms with Crippen molar-refractivity contribution in [2.75, 3.05) is 20.1 Å². The van der Waals surface area contributed by atoms with Gasteiger partial charge in [-0.1, -0.05) is 0 Å². The van der Waals surface area contributed by atoms with Crippen molar-refractivity contribution in [1.82, 2.24) is 15.6 Å². The molecule has 1 aliphatic rings. The second-order valence-electron chi connectivity index (χ2n) is 5.58. The normalized spacial score (nSPS) is 14.7. The molecule has 1 fully saturated rings. The van der Waals surface area contributed by atoms with Crippen LogP contribution in [0.3, 0.4) is 0 Å². The Bertz CT molecular complexity index is 649. The monoisotopic (exact) mass is 416 g/mol. The number of fused-ring (bicyclic) bond motifs is 1. The SMILES string of the molecule is CN=C(NCCc1c[nH]c2cc(F)ccc12)NCC1CC1.I. The number of nitrogens with zero attached hydrogens (tertiary/aromatic N) is 1. The van der Waals surface area contributed by atoms with Gasteiger partial charge in [0.25, 0.3) is 0 Å². The zero-order valence-corrected chi connectivity index (χ0v) is 15.0. The molecule has 0 radical (unpaired) electrons. The standard InChI is InChI=1S/C16H21FN4.HI/c1-18-16(21-9-11-2-3-11)19-7-6-12-10-20-15-8-13(17)4-5-14(12)15;/h4-5,8,10-11,20H,2-3,6-7,9H2,1H3,(H2,18,19,21);1H. The minimum Gasteiger partial charge on any atom is -0.361 e. The van der Waals surface area contributed by atoms with Crippen LogP contribution in [0.25, 0.3) is 10.9 Å². The van der Waals surface area contributed by atoms with Gasteiger partial charge in [0.2, 0.25) is 0 Å². The minimum atomic E-state index is -0.210. The number of benzene rings is 1. The zero-order valence-electron chi connectivity index (χ0n) is 12.7. The molecule has 1 aromatic carbocycles. The summed E-state index contributed by atoms with van der Waals surface area (Å²) in [4.78, 5) is 7.33. The molecule has 4 nitrogen and oxygen atoms in total. The average molecular weight is 416 g/mol. The molecule has 0 aliphatic heterocycles. The van der Waals surface area contributed by atoms with Gasteiger partial charge in [0.05, 0.1) is 0 Å². The number of rotatable bonds is 5. The van der Waals surface area contributed by atoms with E-state index in [9.17, 15) is 4.39 Å². The van der Waals surface area contributed by atoms with Gasteiger partial charge in [0.15, 0.2) is 5.96 Å². The Balaban J connectivity index is 0.00000176. The van der Waals surface area contributed by atoms with E-state index < -0.39 is 0 Å². The number of guanidine groups is 1. The van der Waals surface area contributed by atoms with Crippen LogP contribution in [0, 0.1) is 11.7 Å². The summed E-state index contributed by atoms with van der Waals surface area (Å²) in [6.07, 6.45) is 5.48. The molecule has 1 saturated carbocycles. The lowest BCUT2D eigenvalue weighted by atomic mass is 10.1. The molecule has 1 heterocycles. The van der Waals surface area contributed by atoms with Gasteiger partial charge in [-0.15, -0.1) is 24.0 Å². The molecule has 22 heavy (non-hydrogen) atoms. The molecule has 1 aliphatic carbocycles. The Hall–Kier alpha value is -1.31. The number of nitrogens with one attached hydrogen (secondary N) is 3. The first-order chi connectivity index (χ1) is 10.3. The maximum Gasteiger partial charge on any atom is 0.190 e. The van der Waals surface area contributed by atoms with Crippen molar-refractivity contribution in [3.8, 4) is 0 Å². The maximum atomic E-state index is 13.1. The van der Waals surface area contributed by atoms with E-state index in [2.05, 4.69) is 20.6 Å². The highest BCUT2D eigenvalue weighted by atomic mass is 127. The van der Waals surface area contributed by atoms with Crippen molar-refractivity contribution in [2.45, 2.75) is 19.3 Å². The number of aromatic amines is 1. The quantitative estimate of drug-likeness (QED) is 0.399. The summed E-state index contributed by atoms with van der Waals surface area (Å²) in [5, 5.41) is 7.74. The predicted molar refractivity (Wildman–Crippen MR) is 99.5 cm³/mol. The molecular weight excluding hydrogens is 394 g/mol. The van der Waals surface area contributed by atoms with E-state index in [0.717, 1.165) is 42.3 Å². The lowest BCUT2D eigenvalue weighted by Gasteiger charge is -2.11. The van der Waals surface area contributed by atoms with Crippen LogP contribution in [-0.2, 0) is 6.42 Å². The first-order valence-corrected chi connectivity index (χ1v) is 7.46. The first-order valence-electron chi connectivity index (χ1n) is 7.46. The molecular formula is C16H22FIN4. The van der Waals surface area contributed by atoms with E-state index in [4.69, 9.17) is 0 Å². The Morgan fingerprint density at radius 3 is 2.91 bits per heavy atom. The van der Waals surface area contributed by atoms with Crippen molar-refractivity contribution in [2.24, 2.45) is 10.9 Å². The molecule has 3 rings (SSSR count). The predicted octanol–water partition coefficient (Wildman–Crippen LogP) is 3.04. The van der Waals surface area contributed by atoms with Crippen LogP contribution >= 0.6 is 24.0 Å². The van der Waals surface area contributed by atoms with Gasteiger partial charge < -0.3 is 15.6 Å². The van der Waals surface area contributed by atoms with Gasteiger partial charge in [-0.3, -0.25) is 4.99 Å². The number of hydrogen-bond donors (Lipinski definition) is 3. The molecule has 3 N–H and O–H groups in total. The van der Waals surface area contributed by atoms with Crippen molar-refractivity contribution >= 4 is 40.8 Å². The van der Waals surface area contributed by atoms with Gasteiger partial charge in [-0.05, 0) is 48.9 Å². The number of H-pyrrole nitrogens is 1. The van der Waals surface area contributed by atoms with E-state index in [1.54, 1.807) is 7.05 Å². The van der Waals surface area contributed by atoms with Gasteiger partial charge in [-0.2, -0.15) is 0 Å². The molecule has 0 amide bonds. The van der Waals surface area contributed by atoms with Crippen LogP contribution < -0.4 is 10.6 Å². The summed E-state index contributed by atoms with van der Waals surface area (Å²) >= 11 is 0. The molecule has 0 atom stereocenters. The number of aliphatic imine (C=N–C) groups is 1. The van der Waals surface area contributed by atoms with Crippen molar-refractivity contribution in [3.63, 3.8) is 0 Å². The smallest absolute Gasteiger partial charge is 0.190 e. The lowest BCUT2D eigenvalue weighted by molar-refractivity contribution is 0.629. The fraction of sp³-hybridized carbons (Fsp3) is 0.438. The van der Waals surface area contributed by atoms with E-state index in [1.807, 2.05) is 12.3 Å². The van der Waals surface area contributed by atoms with Gasteiger partial charge >= 0.3 is 0 Å². The highest BCUT2D eigenvalue weighted by Gasteiger charge is 2.20. The lowest BCUT2D eigenvalue weighted by Crippen LogP contribution is -2.39. The van der Waals surface area contributed by atoms with Crippen molar-refractivity contribution in [3.05, 3.63) is 35.8 Å². The number of halogens is 2. The Labute approximate surface area is 147 Å². The van der Waals surface area contributed by atoms with E-state index in [0.29, 0.717) is 0 Å². The van der Waals surface area contributed by atoms with Gasteiger partial charge in [0, 0.05) is 37.2 Å². The maximum absolute atomic E-state index is 13.1. The van der Waals surface area contributed by atoms with Gasteiger partial charge in [-0.25, -0.2) is 4.39 Å². The van der Waals surface area contributed by atoms with Crippen LogP contribution in [0.4, 0.5) is 4.39 Å². The molecule has 0 saturated heterocycles. The topological polar surface area (TPSA) is 52.2 Å². The Kier molecular flexibility index (Phi) is 6.05.